The van der Waals surface area contributed by atoms with Gasteiger partial charge in [-0.2, -0.15) is 4.31 Å². The quantitative estimate of drug-likeness (QED) is 0.690. The Morgan fingerprint density at radius 1 is 1.03 bits per heavy atom. The Morgan fingerprint density at radius 2 is 1.72 bits per heavy atom. The summed E-state index contributed by atoms with van der Waals surface area (Å²) in [6, 6.07) is 13.9. The number of hydrogen-bond acceptors (Lipinski definition) is 6. The number of nitrogens with zero attached hydrogens (tertiary/aromatic N) is 3. The maximum atomic E-state index is 12.8. The molecule has 10 heteroatoms. The zero-order chi connectivity index (χ0) is 22.7. The summed E-state index contributed by atoms with van der Waals surface area (Å²) >= 11 is 1.50. The summed E-state index contributed by atoms with van der Waals surface area (Å²) < 4.78 is 27.1. The van der Waals surface area contributed by atoms with Gasteiger partial charge in [0, 0.05) is 49.7 Å². The van der Waals surface area contributed by atoms with Crippen LogP contribution >= 0.6 is 11.8 Å². The Balaban J connectivity index is 1.35. The fraction of sp³-hybridized carbons (Fsp3) is 0.364. The predicted molar refractivity (Wildman–Crippen MR) is 125 cm³/mol. The summed E-state index contributed by atoms with van der Waals surface area (Å²) in [6.07, 6.45) is 0.145. The summed E-state index contributed by atoms with van der Waals surface area (Å²) in [6.45, 7) is 2.63. The Bertz CT molecular complexity index is 1100. The second-order valence-corrected chi connectivity index (χ2v) is 10.8. The van der Waals surface area contributed by atoms with E-state index < -0.39 is 10.0 Å². The topological polar surface area (TPSA) is 90.0 Å². The number of hydrogen-bond donors (Lipinski definition) is 1. The van der Waals surface area contributed by atoms with E-state index in [9.17, 15) is 18.0 Å². The lowest BCUT2D eigenvalue weighted by atomic mass is 10.2. The molecule has 2 heterocycles. The van der Waals surface area contributed by atoms with Crippen molar-refractivity contribution in [1.82, 2.24) is 9.21 Å². The van der Waals surface area contributed by atoms with Crippen LogP contribution in [0.2, 0.25) is 0 Å². The highest BCUT2D eigenvalue weighted by molar-refractivity contribution is 8.00. The van der Waals surface area contributed by atoms with Crippen molar-refractivity contribution < 1.29 is 18.0 Å². The van der Waals surface area contributed by atoms with E-state index in [2.05, 4.69) is 10.2 Å². The molecule has 0 atom stereocenters. The second kappa shape index (κ2) is 9.62. The van der Waals surface area contributed by atoms with Crippen LogP contribution in [0.5, 0.6) is 0 Å². The van der Waals surface area contributed by atoms with Gasteiger partial charge in [-0.05, 0) is 43.4 Å². The smallest absolute Gasteiger partial charge is 0.243 e. The van der Waals surface area contributed by atoms with Crippen LogP contribution in [-0.4, -0.2) is 75.0 Å². The molecule has 2 aliphatic heterocycles. The molecule has 0 aromatic heterocycles. The second-order valence-electron chi connectivity index (χ2n) is 7.83. The van der Waals surface area contributed by atoms with Crippen LogP contribution in [0.3, 0.4) is 0 Å². The first-order valence-electron chi connectivity index (χ1n) is 10.5. The lowest BCUT2D eigenvalue weighted by Crippen LogP contribution is -2.46. The lowest BCUT2D eigenvalue weighted by molar-refractivity contribution is -0.117. The summed E-state index contributed by atoms with van der Waals surface area (Å²) in [4.78, 5) is 29.8. The number of sulfonamides is 1. The predicted octanol–water partition coefficient (Wildman–Crippen LogP) is 2.09. The first-order chi connectivity index (χ1) is 15.3. The third-order valence-electron chi connectivity index (χ3n) is 5.61. The van der Waals surface area contributed by atoms with E-state index in [0.29, 0.717) is 37.6 Å². The van der Waals surface area contributed by atoms with Crippen LogP contribution in [0.15, 0.2) is 58.3 Å². The molecule has 1 fully saturated rings. The first-order valence-corrected chi connectivity index (χ1v) is 12.9. The van der Waals surface area contributed by atoms with Crippen LogP contribution in [0.1, 0.15) is 6.42 Å². The number of rotatable bonds is 6. The van der Waals surface area contributed by atoms with Crippen molar-refractivity contribution in [2.45, 2.75) is 16.2 Å². The molecule has 0 saturated carbocycles. The largest absolute Gasteiger partial charge is 0.326 e. The van der Waals surface area contributed by atoms with E-state index in [0.717, 1.165) is 10.6 Å². The SMILES string of the molecule is CN1CCN(S(=O)(=O)c2ccc(NC(=O)CCN3C(=O)CSc4ccccc43)cc2)CC1. The van der Waals surface area contributed by atoms with E-state index >= 15 is 0 Å². The van der Waals surface area contributed by atoms with Crippen LogP contribution in [0.25, 0.3) is 0 Å². The molecule has 1 N–H and O–H groups in total. The number of fused-ring (bicyclic) bond motifs is 1. The Kier molecular flexibility index (Phi) is 6.85. The number of likely N-dealkylation sites (N-methyl/N-ethyl adjacent to an activating group) is 1. The van der Waals surface area contributed by atoms with Gasteiger partial charge in [0.25, 0.3) is 0 Å². The lowest BCUT2D eigenvalue weighted by Gasteiger charge is -2.31. The van der Waals surface area contributed by atoms with Crippen molar-refractivity contribution in [1.29, 1.82) is 0 Å². The highest BCUT2D eigenvalue weighted by Gasteiger charge is 2.27. The third kappa shape index (κ3) is 4.98. The number of nitrogens with one attached hydrogen (secondary N) is 1. The van der Waals surface area contributed by atoms with Gasteiger partial charge >= 0.3 is 0 Å². The monoisotopic (exact) mass is 474 g/mol. The first kappa shape index (κ1) is 22.8. The number of piperazine rings is 1. The molecule has 2 aromatic rings. The molecule has 0 bridgehead atoms. The standard InChI is InChI=1S/C22H26N4O4S2/c1-24-12-14-25(15-13-24)32(29,30)18-8-6-17(7-9-18)23-21(27)10-11-26-19-4-2-3-5-20(19)31-16-22(26)28/h2-9H,10-16H2,1H3,(H,23,27). The van der Waals surface area contributed by atoms with Crippen molar-refractivity contribution in [2.75, 3.05) is 55.7 Å². The van der Waals surface area contributed by atoms with Gasteiger partial charge in [0.15, 0.2) is 0 Å². The molecule has 1 saturated heterocycles. The van der Waals surface area contributed by atoms with E-state index in [1.54, 1.807) is 17.0 Å². The van der Waals surface area contributed by atoms with Crippen molar-refractivity contribution in [2.24, 2.45) is 0 Å². The van der Waals surface area contributed by atoms with Gasteiger partial charge in [-0.1, -0.05) is 12.1 Å². The molecule has 0 aliphatic carbocycles. The number of amides is 2. The Hall–Kier alpha value is -2.40. The van der Waals surface area contributed by atoms with Gasteiger partial charge in [-0.3, -0.25) is 9.59 Å². The average molecular weight is 475 g/mol. The zero-order valence-corrected chi connectivity index (χ0v) is 19.5. The maximum absolute atomic E-state index is 12.8. The fourth-order valence-corrected chi connectivity index (χ4v) is 6.08. The minimum absolute atomic E-state index is 0.0139. The molecule has 2 amide bonds. The Labute approximate surface area is 192 Å². The van der Waals surface area contributed by atoms with Crippen LogP contribution in [0, 0.1) is 0 Å². The van der Waals surface area contributed by atoms with Crippen LogP contribution in [0.4, 0.5) is 11.4 Å². The van der Waals surface area contributed by atoms with Crippen molar-refractivity contribution in [3.05, 3.63) is 48.5 Å². The van der Waals surface area contributed by atoms with Crippen molar-refractivity contribution in [3.8, 4) is 0 Å². The van der Waals surface area contributed by atoms with Gasteiger partial charge in [-0.15, -0.1) is 11.8 Å². The number of anilines is 2. The molecule has 0 unspecified atom stereocenters. The average Bonchev–Trinajstić information content (AvgIpc) is 2.79. The summed E-state index contributed by atoms with van der Waals surface area (Å²) in [5.41, 5.74) is 1.35. The van der Waals surface area contributed by atoms with Gasteiger partial charge < -0.3 is 15.1 Å². The normalized spacial score (nSPS) is 17.8. The maximum Gasteiger partial charge on any atom is 0.243 e. The molecule has 0 spiro atoms. The summed E-state index contributed by atoms with van der Waals surface area (Å²) in [5.74, 6) is 0.116. The van der Waals surface area contributed by atoms with Gasteiger partial charge in [0.1, 0.15) is 0 Å². The highest BCUT2D eigenvalue weighted by Crippen LogP contribution is 2.34. The molecule has 32 heavy (non-hydrogen) atoms. The Morgan fingerprint density at radius 3 is 2.44 bits per heavy atom. The molecular formula is C22H26N4O4S2. The number of para-hydroxylation sites is 1. The van der Waals surface area contributed by atoms with E-state index in [1.165, 1.54) is 28.2 Å². The molecular weight excluding hydrogens is 448 g/mol. The third-order valence-corrected chi connectivity index (χ3v) is 8.57. The zero-order valence-electron chi connectivity index (χ0n) is 17.9. The van der Waals surface area contributed by atoms with E-state index in [-0.39, 0.29) is 29.7 Å². The van der Waals surface area contributed by atoms with Crippen molar-refractivity contribution in [3.63, 3.8) is 0 Å². The van der Waals surface area contributed by atoms with Gasteiger partial charge in [0.05, 0.1) is 16.3 Å². The number of carbonyl (C=O) groups excluding carboxylic acids is 2. The number of benzene rings is 2. The van der Waals surface area contributed by atoms with Gasteiger partial charge in [0.2, 0.25) is 21.8 Å². The van der Waals surface area contributed by atoms with Crippen LogP contribution < -0.4 is 10.2 Å². The molecule has 8 nitrogen and oxygen atoms in total. The number of thioether (sulfide) groups is 1. The van der Waals surface area contributed by atoms with Crippen LogP contribution in [-0.2, 0) is 19.6 Å². The fourth-order valence-electron chi connectivity index (χ4n) is 3.72. The van der Waals surface area contributed by atoms with E-state index in [1.807, 2.05) is 31.3 Å². The van der Waals surface area contributed by atoms with Crippen molar-refractivity contribution >= 4 is 45.0 Å². The molecule has 170 valence electrons. The minimum Gasteiger partial charge on any atom is -0.326 e. The summed E-state index contributed by atoms with van der Waals surface area (Å²) in [7, 11) is -1.57. The molecule has 0 radical (unpaired) electrons. The molecule has 2 aromatic carbocycles. The highest BCUT2D eigenvalue weighted by atomic mass is 32.2. The molecule has 2 aliphatic rings. The molecule has 4 rings (SSSR count). The number of carbonyl (C=O) groups is 2. The minimum atomic E-state index is -3.54. The van der Waals surface area contributed by atoms with Gasteiger partial charge in [-0.25, -0.2) is 8.42 Å². The summed E-state index contributed by atoms with van der Waals surface area (Å²) in [5, 5.41) is 2.79. The van der Waals surface area contributed by atoms with E-state index in [4.69, 9.17) is 0 Å².